The molecule has 1 spiro atoms. The van der Waals surface area contributed by atoms with Gasteiger partial charge >= 0.3 is 0 Å². The Balaban J connectivity index is 1.41. The lowest BCUT2D eigenvalue weighted by atomic mass is 9.73. The molecule has 132 valence electrons. The number of piperazine rings is 1. The van der Waals surface area contributed by atoms with Crippen LogP contribution in [-0.4, -0.2) is 61.2 Å². The van der Waals surface area contributed by atoms with Gasteiger partial charge in [0.2, 0.25) is 0 Å². The number of hydrogen-bond acceptors (Lipinski definition) is 4. The summed E-state index contributed by atoms with van der Waals surface area (Å²) in [5.41, 5.74) is 1.46. The topological polar surface area (TPSA) is 27.7 Å². The van der Waals surface area contributed by atoms with E-state index in [2.05, 4.69) is 53.4 Å². The fraction of sp³-hybridized carbons (Fsp3) is 0.700. The molecule has 24 heavy (non-hydrogen) atoms. The van der Waals surface area contributed by atoms with Gasteiger partial charge in [0.25, 0.3) is 0 Å². The number of fused-ring (bicyclic) bond motifs is 1. The van der Waals surface area contributed by atoms with Crippen molar-refractivity contribution >= 4 is 0 Å². The molecule has 4 heteroatoms. The molecule has 2 atom stereocenters. The number of nitrogens with zero attached hydrogens (tertiary/aromatic N) is 2. The van der Waals surface area contributed by atoms with E-state index in [4.69, 9.17) is 4.74 Å². The summed E-state index contributed by atoms with van der Waals surface area (Å²) in [6, 6.07) is 9.55. The first-order valence-electron chi connectivity index (χ1n) is 9.58. The maximum atomic E-state index is 6.37. The second-order valence-corrected chi connectivity index (χ2v) is 8.10. The molecule has 1 aromatic carbocycles. The van der Waals surface area contributed by atoms with Crippen molar-refractivity contribution in [3.63, 3.8) is 0 Å². The van der Waals surface area contributed by atoms with Crippen LogP contribution in [-0.2, 0) is 0 Å². The number of rotatable bonds is 4. The largest absolute Gasteiger partial charge is 0.487 e. The average Bonchev–Trinajstić information content (AvgIpc) is 2.55. The van der Waals surface area contributed by atoms with Gasteiger partial charge in [-0.25, -0.2) is 0 Å². The lowest BCUT2D eigenvalue weighted by Crippen LogP contribution is -2.52. The fourth-order valence-corrected chi connectivity index (χ4v) is 4.46. The van der Waals surface area contributed by atoms with Crippen LogP contribution in [0.2, 0.25) is 0 Å². The molecule has 1 saturated heterocycles. The molecule has 1 saturated carbocycles. The molecule has 4 rings (SSSR count). The third kappa shape index (κ3) is 3.32. The van der Waals surface area contributed by atoms with E-state index in [0.717, 1.165) is 18.7 Å². The minimum atomic E-state index is 0.111. The smallest absolute Gasteiger partial charge is 0.124 e. The van der Waals surface area contributed by atoms with Crippen LogP contribution in [0.3, 0.4) is 0 Å². The molecule has 0 amide bonds. The van der Waals surface area contributed by atoms with Crippen molar-refractivity contribution in [3.8, 4) is 5.75 Å². The molecule has 0 aromatic heterocycles. The normalized spacial score (nSPS) is 28.0. The van der Waals surface area contributed by atoms with Crippen LogP contribution < -0.4 is 10.1 Å². The zero-order valence-corrected chi connectivity index (χ0v) is 15.1. The Hall–Kier alpha value is -1.10. The predicted molar refractivity (Wildman–Crippen MR) is 97.5 cm³/mol. The van der Waals surface area contributed by atoms with E-state index in [9.17, 15) is 0 Å². The summed E-state index contributed by atoms with van der Waals surface area (Å²) in [4.78, 5) is 5.02. The molecule has 1 aromatic rings. The monoisotopic (exact) mass is 329 g/mol. The fourth-order valence-electron chi connectivity index (χ4n) is 4.46. The zero-order valence-electron chi connectivity index (χ0n) is 15.1. The number of benzene rings is 1. The quantitative estimate of drug-likeness (QED) is 0.919. The summed E-state index contributed by atoms with van der Waals surface area (Å²) >= 11 is 0. The van der Waals surface area contributed by atoms with Gasteiger partial charge in [-0.3, -0.25) is 4.90 Å². The maximum absolute atomic E-state index is 6.37. The number of nitrogens with one attached hydrogen (secondary N) is 1. The third-order valence-corrected chi connectivity index (χ3v) is 6.08. The molecular weight excluding hydrogens is 298 g/mol. The molecule has 0 bridgehead atoms. The van der Waals surface area contributed by atoms with Crippen LogP contribution in [0.5, 0.6) is 5.75 Å². The Bertz CT molecular complexity index is 564. The van der Waals surface area contributed by atoms with E-state index >= 15 is 0 Å². The van der Waals surface area contributed by atoms with Crippen LogP contribution in [0.1, 0.15) is 44.2 Å². The third-order valence-electron chi connectivity index (χ3n) is 6.08. The van der Waals surface area contributed by atoms with Gasteiger partial charge in [-0.05, 0) is 39.3 Å². The Morgan fingerprint density at radius 2 is 1.96 bits per heavy atom. The van der Waals surface area contributed by atoms with Crippen LogP contribution in [0.25, 0.3) is 0 Å². The molecule has 0 radical (unpaired) electrons. The molecule has 3 aliphatic rings. The van der Waals surface area contributed by atoms with Gasteiger partial charge in [-0.1, -0.05) is 18.2 Å². The number of likely N-dealkylation sites (N-methyl/N-ethyl adjacent to an activating group) is 1. The van der Waals surface area contributed by atoms with Crippen molar-refractivity contribution in [2.75, 3.05) is 39.8 Å². The van der Waals surface area contributed by atoms with Crippen molar-refractivity contribution in [2.24, 2.45) is 0 Å². The Kier molecular flexibility index (Phi) is 4.54. The first-order valence-corrected chi connectivity index (χ1v) is 9.58. The Morgan fingerprint density at radius 3 is 2.67 bits per heavy atom. The Morgan fingerprint density at radius 1 is 1.21 bits per heavy atom. The van der Waals surface area contributed by atoms with E-state index in [1.807, 2.05) is 0 Å². The molecule has 2 aliphatic heterocycles. The zero-order chi connectivity index (χ0) is 16.6. The van der Waals surface area contributed by atoms with Gasteiger partial charge in [-0.15, -0.1) is 0 Å². The van der Waals surface area contributed by atoms with Crippen molar-refractivity contribution in [3.05, 3.63) is 29.8 Å². The molecule has 2 heterocycles. The number of hydrogen-bond donors (Lipinski definition) is 1. The van der Waals surface area contributed by atoms with Gasteiger partial charge in [-0.2, -0.15) is 0 Å². The summed E-state index contributed by atoms with van der Waals surface area (Å²) in [5.74, 6) is 1.10. The van der Waals surface area contributed by atoms with Crippen LogP contribution in [0.15, 0.2) is 24.3 Å². The SMILES string of the molecule is CC(CN1CCN(C)CC1)NC1CC2(CCC2)Oc2ccccc21. The van der Waals surface area contributed by atoms with Gasteiger partial charge in [0.1, 0.15) is 11.4 Å². The highest BCUT2D eigenvalue weighted by atomic mass is 16.5. The van der Waals surface area contributed by atoms with E-state index < -0.39 is 0 Å². The van der Waals surface area contributed by atoms with E-state index in [1.54, 1.807) is 0 Å². The number of para-hydroxylation sites is 1. The van der Waals surface area contributed by atoms with Crippen molar-refractivity contribution in [1.29, 1.82) is 0 Å². The summed E-state index contributed by atoms with van der Waals surface area (Å²) in [6.45, 7) is 8.24. The minimum Gasteiger partial charge on any atom is -0.487 e. The molecule has 2 fully saturated rings. The highest BCUT2D eigenvalue weighted by Crippen LogP contribution is 2.48. The first kappa shape index (κ1) is 16.4. The minimum absolute atomic E-state index is 0.111. The summed E-state index contributed by atoms with van der Waals surface area (Å²) in [7, 11) is 2.22. The lowest BCUT2D eigenvalue weighted by molar-refractivity contribution is -0.0382. The number of ether oxygens (including phenoxy) is 1. The van der Waals surface area contributed by atoms with Crippen molar-refractivity contribution in [2.45, 2.75) is 50.3 Å². The Labute approximate surface area is 146 Å². The highest BCUT2D eigenvalue weighted by molar-refractivity contribution is 5.39. The molecule has 1 aliphatic carbocycles. The molecule has 4 nitrogen and oxygen atoms in total. The van der Waals surface area contributed by atoms with Gasteiger partial charge in [0.05, 0.1) is 0 Å². The first-order chi connectivity index (χ1) is 11.6. The van der Waals surface area contributed by atoms with Crippen LogP contribution in [0, 0.1) is 0 Å². The van der Waals surface area contributed by atoms with Gasteiger partial charge in [0, 0.05) is 56.8 Å². The van der Waals surface area contributed by atoms with Crippen molar-refractivity contribution < 1.29 is 4.74 Å². The maximum Gasteiger partial charge on any atom is 0.124 e. The van der Waals surface area contributed by atoms with Crippen molar-refractivity contribution in [1.82, 2.24) is 15.1 Å². The summed E-state index contributed by atoms with van der Waals surface area (Å²) < 4.78 is 6.37. The van der Waals surface area contributed by atoms with Crippen LogP contribution in [0.4, 0.5) is 0 Å². The van der Waals surface area contributed by atoms with Gasteiger partial charge < -0.3 is 15.0 Å². The summed E-state index contributed by atoms with van der Waals surface area (Å²) in [6.07, 6.45) is 4.86. The highest BCUT2D eigenvalue weighted by Gasteiger charge is 2.45. The molecular formula is C20H31N3O. The molecule has 1 N–H and O–H groups in total. The second-order valence-electron chi connectivity index (χ2n) is 8.10. The second kappa shape index (κ2) is 6.66. The van der Waals surface area contributed by atoms with Gasteiger partial charge in [0.15, 0.2) is 0 Å². The van der Waals surface area contributed by atoms with Crippen LogP contribution >= 0.6 is 0 Å². The van der Waals surface area contributed by atoms with E-state index in [0.29, 0.717) is 12.1 Å². The predicted octanol–water partition coefficient (Wildman–Crippen LogP) is 2.66. The lowest BCUT2D eigenvalue weighted by Gasteiger charge is -2.48. The van der Waals surface area contributed by atoms with E-state index in [-0.39, 0.29) is 5.60 Å². The standard InChI is InChI=1S/C20H31N3O/c1-16(15-23-12-10-22(2)11-13-23)21-18-14-20(8-5-9-20)24-19-7-4-3-6-17(18)19/h3-4,6-7,16,18,21H,5,8-15H2,1-2H3. The molecule has 2 unspecified atom stereocenters. The average molecular weight is 329 g/mol. The van der Waals surface area contributed by atoms with E-state index in [1.165, 1.54) is 51.0 Å². The summed E-state index contributed by atoms with van der Waals surface area (Å²) in [5, 5.41) is 3.92.